The predicted molar refractivity (Wildman–Crippen MR) is 82.4 cm³/mol. The Morgan fingerprint density at radius 2 is 1.17 bits per heavy atom. The Bertz CT molecular complexity index is 343. The van der Waals surface area contributed by atoms with Gasteiger partial charge < -0.3 is 5.73 Å². The summed E-state index contributed by atoms with van der Waals surface area (Å²) in [5, 5.41) is 0. The van der Waals surface area contributed by atoms with E-state index in [0.717, 1.165) is 5.69 Å². The normalized spacial score (nSPS) is 12.3. The van der Waals surface area contributed by atoms with Gasteiger partial charge in [0.15, 0.2) is 0 Å². The zero-order valence-corrected chi connectivity index (χ0v) is 16.8. The molecular formula is C12H19Cl4NW. The second kappa shape index (κ2) is 8.22. The van der Waals surface area contributed by atoms with E-state index in [9.17, 15) is 0 Å². The molecule has 0 saturated carbocycles. The summed E-state index contributed by atoms with van der Waals surface area (Å²) in [5.41, 5.74) is 9.60. The van der Waals surface area contributed by atoms with Crippen molar-refractivity contribution in [1.29, 1.82) is 0 Å². The van der Waals surface area contributed by atoms with Crippen molar-refractivity contribution in [2.24, 2.45) is 0 Å². The van der Waals surface area contributed by atoms with Crippen molar-refractivity contribution in [1.82, 2.24) is 0 Å². The van der Waals surface area contributed by atoms with Crippen LogP contribution in [0.15, 0.2) is 18.2 Å². The van der Waals surface area contributed by atoms with Crippen LogP contribution in [0.1, 0.15) is 50.7 Å². The number of hydrogen-bond acceptors (Lipinski definition) is 1. The van der Waals surface area contributed by atoms with Gasteiger partial charge in [-0.1, -0.05) is 45.9 Å². The van der Waals surface area contributed by atoms with Crippen LogP contribution >= 0.6 is 37.7 Å². The molecule has 1 aromatic rings. The SMILES string of the molecule is CC(C)c1cccc(C(C)C)c1N.[Cl][W]([Cl])([Cl])[Cl]. The van der Waals surface area contributed by atoms with Crippen LogP contribution in [-0.2, 0) is 11.9 Å². The Morgan fingerprint density at radius 1 is 0.889 bits per heavy atom. The minimum absolute atomic E-state index is 0.513. The van der Waals surface area contributed by atoms with E-state index < -0.39 is 11.9 Å². The first-order chi connectivity index (χ1) is 8.04. The van der Waals surface area contributed by atoms with Crippen molar-refractivity contribution in [3.05, 3.63) is 29.3 Å². The molecule has 1 aromatic carbocycles. The maximum absolute atomic E-state index is 6.09. The number of halogens is 4. The number of para-hydroxylation sites is 1. The van der Waals surface area contributed by atoms with Gasteiger partial charge in [-0.05, 0) is 23.0 Å². The van der Waals surface area contributed by atoms with E-state index in [-0.39, 0.29) is 0 Å². The van der Waals surface area contributed by atoms with Crippen molar-refractivity contribution in [2.45, 2.75) is 39.5 Å². The molecule has 0 radical (unpaired) electrons. The van der Waals surface area contributed by atoms with Crippen molar-refractivity contribution >= 4 is 43.4 Å². The standard InChI is InChI=1S/C12H19N.4ClH.W/c1-8(2)10-6-5-7-11(9(3)4)12(10)13;;;;;/h5-9H,13H2,1-4H3;4*1H;/q;;;;;+4/p-4. The van der Waals surface area contributed by atoms with E-state index >= 15 is 0 Å². The average Bonchev–Trinajstić information content (AvgIpc) is 2.14. The molecule has 0 amide bonds. The van der Waals surface area contributed by atoms with Crippen LogP contribution < -0.4 is 5.73 Å². The Hall–Kier alpha value is 0.868. The monoisotopic (exact) mass is 501 g/mol. The summed E-state index contributed by atoms with van der Waals surface area (Å²) < 4.78 is 0. The predicted octanol–water partition coefficient (Wildman–Crippen LogP) is 6.27. The summed E-state index contributed by atoms with van der Waals surface area (Å²) in [5.74, 6) is 1.03. The zero-order valence-electron chi connectivity index (χ0n) is 10.9. The quantitative estimate of drug-likeness (QED) is 0.474. The van der Waals surface area contributed by atoms with E-state index in [2.05, 4.69) is 45.9 Å². The van der Waals surface area contributed by atoms with Gasteiger partial charge in [0.25, 0.3) is 0 Å². The van der Waals surface area contributed by atoms with E-state index in [1.165, 1.54) is 11.1 Å². The second-order valence-electron chi connectivity index (χ2n) is 4.51. The molecule has 0 unspecified atom stereocenters. The van der Waals surface area contributed by atoms with Crippen LogP contribution in [0.3, 0.4) is 0 Å². The molecule has 0 aliphatic carbocycles. The molecular weight excluding hydrogens is 484 g/mol. The van der Waals surface area contributed by atoms with Gasteiger partial charge >= 0.3 is 49.6 Å². The summed E-state index contributed by atoms with van der Waals surface area (Å²) in [7, 11) is 20.1. The first kappa shape index (κ1) is 18.9. The summed E-state index contributed by atoms with van der Waals surface area (Å²) in [6, 6.07) is 6.33. The number of anilines is 1. The summed E-state index contributed by atoms with van der Waals surface area (Å²) in [6.07, 6.45) is 0. The topological polar surface area (TPSA) is 26.0 Å². The molecule has 0 aliphatic heterocycles. The molecule has 1 rings (SSSR count). The number of hydrogen-bond donors (Lipinski definition) is 1. The Labute approximate surface area is 129 Å². The summed E-state index contributed by atoms with van der Waals surface area (Å²) in [4.78, 5) is 0. The Kier molecular flexibility index (Phi) is 8.62. The fourth-order valence-corrected chi connectivity index (χ4v) is 1.61. The van der Waals surface area contributed by atoms with Gasteiger partial charge in [0.2, 0.25) is 0 Å². The molecule has 0 fully saturated rings. The number of benzene rings is 1. The van der Waals surface area contributed by atoms with E-state index in [4.69, 9.17) is 43.4 Å². The first-order valence-electron chi connectivity index (χ1n) is 5.54. The molecule has 106 valence electrons. The number of rotatable bonds is 2. The minimum atomic E-state index is -3.28. The molecule has 0 heterocycles. The molecule has 0 aromatic heterocycles. The molecule has 18 heavy (non-hydrogen) atoms. The van der Waals surface area contributed by atoms with Gasteiger partial charge in [-0.2, -0.15) is 0 Å². The molecule has 0 bridgehead atoms. The van der Waals surface area contributed by atoms with Gasteiger partial charge in [0.1, 0.15) is 0 Å². The molecule has 0 spiro atoms. The third-order valence-electron chi connectivity index (χ3n) is 2.42. The maximum atomic E-state index is 6.09. The van der Waals surface area contributed by atoms with Gasteiger partial charge in [-0.25, -0.2) is 0 Å². The molecule has 1 nitrogen and oxygen atoms in total. The third kappa shape index (κ3) is 8.12. The van der Waals surface area contributed by atoms with Crippen LogP contribution in [0.4, 0.5) is 5.69 Å². The molecule has 6 heteroatoms. The Morgan fingerprint density at radius 3 is 1.39 bits per heavy atom. The van der Waals surface area contributed by atoms with E-state index in [1.54, 1.807) is 0 Å². The Balaban J connectivity index is 0.000000494. The van der Waals surface area contributed by atoms with E-state index in [1.807, 2.05) is 0 Å². The summed E-state index contributed by atoms with van der Waals surface area (Å²) in [6.45, 7) is 8.71. The van der Waals surface area contributed by atoms with Gasteiger partial charge in [-0.15, -0.1) is 0 Å². The summed E-state index contributed by atoms with van der Waals surface area (Å²) >= 11 is -3.28. The van der Waals surface area contributed by atoms with Gasteiger partial charge in [0.05, 0.1) is 0 Å². The van der Waals surface area contributed by atoms with E-state index in [0.29, 0.717) is 11.8 Å². The van der Waals surface area contributed by atoms with Crippen LogP contribution in [0.2, 0.25) is 0 Å². The number of nitrogens with two attached hydrogens (primary N) is 1. The molecule has 2 N–H and O–H groups in total. The zero-order chi connectivity index (χ0) is 14.5. The second-order valence-corrected chi connectivity index (χ2v) is 29.9. The first-order valence-corrected chi connectivity index (χ1v) is 20.1. The number of nitrogen functional groups attached to an aromatic ring is 1. The van der Waals surface area contributed by atoms with Crippen LogP contribution in [0.25, 0.3) is 0 Å². The van der Waals surface area contributed by atoms with Crippen LogP contribution in [0.5, 0.6) is 0 Å². The molecule has 0 saturated heterocycles. The van der Waals surface area contributed by atoms with Crippen molar-refractivity contribution in [3.63, 3.8) is 0 Å². The molecule has 0 aliphatic rings. The fraction of sp³-hybridized carbons (Fsp3) is 0.500. The molecule has 0 atom stereocenters. The third-order valence-corrected chi connectivity index (χ3v) is 2.42. The van der Waals surface area contributed by atoms with Gasteiger partial charge in [0, 0.05) is 5.69 Å². The van der Waals surface area contributed by atoms with Crippen molar-refractivity contribution in [2.75, 3.05) is 5.73 Å². The van der Waals surface area contributed by atoms with Crippen LogP contribution in [0, 0.1) is 0 Å². The van der Waals surface area contributed by atoms with Crippen LogP contribution in [-0.4, -0.2) is 0 Å². The van der Waals surface area contributed by atoms with Gasteiger partial charge in [-0.3, -0.25) is 0 Å². The van der Waals surface area contributed by atoms with Crippen molar-refractivity contribution in [3.8, 4) is 0 Å². The van der Waals surface area contributed by atoms with Crippen molar-refractivity contribution < 1.29 is 11.9 Å². The average molecular weight is 503 g/mol. The fourth-order valence-electron chi connectivity index (χ4n) is 1.61.